The summed E-state index contributed by atoms with van der Waals surface area (Å²) >= 11 is 1.62. The number of carbonyl (C=O) groups is 1. The number of hydrogen-bond acceptors (Lipinski definition) is 4. The first-order chi connectivity index (χ1) is 10.6. The number of carbonyl (C=O) groups excluding carboxylic acids is 1. The quantitative estimate of drug-likeness (QED) is 0.802. The van der Waals surface area contributed by atoms with Gasteiger partial charge in [0.1, 0.15) is 6.54 Å². The van der Waals surface area contributed by atoms with Crippen molar-refractivity contribution < 1.29 is 4.79 Å². The molecule has 0 atom stereocenters. The van der Waals surface area contributed by atoms with Crippen LogP contribution in [-0.2, 0) is 17.9 Å². The van der Waals surface area contributed by atoms with E-state index in [9.17, 15) is 9.59 Å². The van der Waals surface area contributed by atoms with Gasteiger partial charge in [0.15, 0.2) is 0 Å². The van der Waals surface area contributed by atoms with Gasteiger partial charge in [-0.1, -0.05) is 12.1 Å². The van der Waals surface area contributed by atoms with Crippen LogP contribution in [0.2, 0.25) is 0 Å². The molecule has 1 aromatic carbocycles. The molecular weight excluding hydrogens is 298 g/mol. The number of hydrogen-bond donors (Lipinski definition) is 1. The molecular formula is C16H15N3O2S. The van der Waals surface area contributed by atoms with E-state index in [-0.39, 0.29) is 17.9 Å². The van der Waals surface area contributed by atoms with Crippen LogP contribution in [0.15, 0.2) is 46.7 Å². The van der Waals surface area contributed by atoms with Gasteiger partial charge in [-0.25, -0.2) is 0 Å². The second-order valence-corrected chi connectivity index (χ2v) is 5.99. The van der Waals surface area contributed by atoms with E-state index in [0.717, 1.165) is 4.88 Å². The molecule has 0 aliphatic carbocycles. The van der Waals surface area contributed by atoms with Crippen molar-refractivity contribution in [3.63, 3.8) is 0 Å². The molecule has 0 bridgehead atoms. The van der Waals surface area contributed by atoms with Gasteiger partial charge in [-0.15, -0.1) is 11.3 Å². The molecule has 1 amide bonds. The van der Waals surface area contributed by atoms with Gasteiger partial charge >= 0.3 is 0 Å². The molecule has 0 radical (unpaired) electrons. The fourth-order valence-corrected chi connectivity index (χ4v) is 3.09. The standard InChI is InChI=1S/C16H15N3O2S/c1-11-6-7-22-15(11)9-17-16(21)10-19-13-5-3-2-4-12(13)14(20)8-18-19/h2-8H,9-10H2,1H3,(H,17,21). The summed E-state index contributed by atoms with van der Waals surface area (Å²) in [4.78, 5) is 25.0. The zero-order chi connectivity index (χ0) is 15.5. The predicted molar refractivity (Wildman–Crippen MR) is 86.9 cm³/mol. The Labute approximate surface area is 131 Å². The Morgan fingerprint density at radius 2 is 2.14 bits per heavy atom. The van der Waals surface area contributed by atoms with Crippen LogP contribution in [0.5, 0.6) is 0 Å². The Kier molecular flexibility index (Phi) is 4.02. The summed E-state index contributed by atoms with van der Waals surface area (Å²) in [6.45, 7) is 2.63. The average Bonchev–Trinajstić information content (AvgIpc) is 2.94. The van der Waals surface area contributed by atoms with Crippen molar-refractivity contribution in [1.29, 1.82) is 0 Å². The fourth-order valence-electron chi connectivity index (χ4n) is 2.24. The number of nitrogens with one attached hydrogen (secondary N) is 1. The van der Waals surface area contributed by atoms with Crippen molar-refractivity contribution in [2.24, 2.45) is 0 Å². The highest BCUT2D eigenvalue weighted by Crippen LogP contribution is 2.14. The third-order valence-electron chi connectivity index (χ3n) is 3.47. The maximum Gasteiger partial charge on any atom is 0.242 e. The fraction of sp³-hybridized carbons (Fsp3) is 0.188. The van der Waals surface area contributed by atoms with Crippen molar-refractivity contribution in [3.05, 3.63) is 62.6 Å². The topological polar surface area (TPSA) is 64.0 Å². The summed E-state index contributed by atoms with van der Waals surface area (Å²) in [6, 6.07) is 9.19. The molecule has 6 heteroatoms. The lowest BCUT2D eigenvalue weighted by atomic mass is 10.2. The number of para-hydroxylation sites is 1. The second kappa shape index (κ2) is 6.11. The molecule has 0 fully saturated rings. The molecule has 0 spiro atoms. The van der Waals surface area contributed by atoms with Gasteiger partial charge in [0.05, 0.1) is 18.3 Å². The van der Waals surface area contributed by atoms with Crippen LogP contribution in [0, 0.1) is 6.92 Å². The van der Waals surface area contributed by atoms with E-state index in [4.69, 9.17) is 0 Å². The highest BCUT2D eigenvalue weighted by molar-refractivity contribution is 7.10. The SMILES string of the molecule is Cc1ccsc1CNC(=O)Cn1ncc(=O)c2ccccc21. The molecule has 2 heterocycles. The van der Waals surface area contributed by atoms with E-state index in [1.165, 1.54) is 11.8 Å². The molecule has 0 saturated heterocycles. The number of nitrogens with zero attached hydrogens (tertiary/aromatic N) is 2. The van der Waals surface area contributed by atoms with Crippen molar-refractivity contribution in [2.75, 3.05) is 0 Å². The van der Waals surface area contributed by atoms with Crippen LogP contribution in [0.3, 0.4) is 0 Å². The maximum absolute atomic E-state index is 12.1. The van der Waals surface area contributed by atoms with E-state index < -0.39 is 0 Å². The number of thiophene rings is 1. The third-order valence-corrected chi connectivity index (χ3v) is 4.49. The zero-order valence-electron chi connectivity index (χ0n) is 12.1. The summed E-state index contributed by atoms with van der Waals surface area (Å²) < 4.78 is 1.55. The second-order valence-electron chi connectivity index (χ2n) is 4.99. The van der Waals surface area contributed by atoms with Gasteiger partial charge < -0.3 is 5.32 Å². The number of benzene rings is 1. The molecule has 0 aliphatic rings. The number of aromatic nitrogens is 2. The minimum atomic E-state index is -0.138. The van der Waals surface area contributed by atoms with Crippen LogP contribution in [0.1, 0.15) is 10.4 Å². The van der Waals surface area contributed by atoms with Crippen LogP contribution in [0.4, 0.5) is 0 Å². The van der Waals surface area contributed by atoms with Crippen molar-refractivity contribution in [2.45, 2.75) is 20.0 Å². The van der Waals surface area contributed by atoms with Gasteiger partial charge in [-0.2, -0.15) is 5.10 Å². The zero-order valence-corrected chi connectivity index (χ0v) is 12.9. The molecule has 0 unspecified atom stereocenters. The molecule has 112 valence electrons. The van der Waals surface area contributed by atoms with Crippen LogP contribution in [0.25, 0.3) is 10.9 Å². The van der Waals surface area contributed by atoms with Crippen molar-refractivity contribution in [1.82, 2.24) is 15.1 Å². The summed E-state index contributed by atoms with van der Waals surface area (Å²) in [5.41, 5.74) is 1.70. The highest BCUT2D eigenvalue weighted by Gasteiger charge is 2.08. The predicted octanol–water partition coefficient (Wildman–Crippen LogP) is 2.08. The number of fused-ring (bicyclic) bond motifs is 1. The van der Waals surface area contributed by atoms with Crippen LogP contribution in [-0.4, -0.2) is 15.7 Å². The molecule has 2 aromatic heterocycles. The van der Waals surface area contributed by atoms with E-state index in [1.807, 2.05) is 24.4 Å². The molecule has 22 heavy (non-hydrogen) atoms. The normalized spacial score (nSPS) is 10.8. The van der Waals surface area contributed by atoms with Gasteiger partial charge in [-0.3, -0.25) is 14.3 Å². The van der Waals surface area contributed by atoms with E-state index >= 15 is 0 Å². The number of amides is 1. The molecule has 3 aromatic rings. The molecule has 1 N–H and O–H groups in total. The summed E-state index contributed by atoms with van der Waals surface area (Å²) in [5, 5.41) is 9.52. The molecule has 0 saturated carbocycles. The summed E-state index contributed by atoms with van der Waals surface area (Å²) in [6.07, 6.45) is 1.25. The third kappa shape index (κ3) is 2.92. The lowest BCUT2D eigenvalue weighted by Crippen LogP contribution is -2.28. The Morgan fingerprint density at radius 3 is 2.91 bits per heavy atom. The van der Waals surface area contributed by atoms with E-state index in [0.29, 0.717) is 17.4 Å². The van der Waals surface area contributed by atoms with E-state index in [2.05, 4.69) is 10.4 Å². The lowest BCUT2D eigenvalue weighted by molar-refractivity contribution is -0.121. The first kappa shape index (κ1) is 14.5. The molecule has 0 aliphatic heterocycles. The first-order valence-electron chi connectivity index (χ1n) is 6.89. The summed E-state index contributed by atoms with van der Waals surface area (Å²) in [5.74, 6) is -0.130. The van der Waals surface area contributed by atoms with E-state index in [1.54, 1.807) is 34.2 Å². The van der Waals surface area contributed by atoms with Crippen molar-refractivity contribution in [3.8, 4) is 0 Å². The van der Waals surface area contributed by atoms with Gasteiger partial charge in [0, 0.05) is 10.3 Å². The average molecular weight is 313 g/mol. The Balaban J connectivity index is 1.76. The first-order valence-corrected chi connectivity index (χ1v) is 7.77. The smallest absolute Gasteiger partial charge is 0.242 e. The Bertz CT molecular complexity index is 882. The minimum absolute atomic E-state index is 0.0885. The minimum Gasteiger partial charge on any atom is -0.350 e. The van der Waals surface area contributed by atoms with Crippen LogP contribution >= 0.6 is 11.3 Å². The maximum atomic E-state index is 12.1. The van der Waals surface area contributed by atoms with Gasteiger partial charge in [0.2, 0.25) is 11.3 Å². The molecule has 5 nitrogen and oxygen atoms in total. The Morgan fingerprint density at radius 1 is 1.32 bits per heavy atom. The lowest BCUT2D eigenvalue weighted by Gasteiger charge is -2.09. The highest BCUT2D eigenvalue weighted by atomic mass is 32.1. The van der Waals surface area contributed by atoms with Gasteiger partial charge in [0.25, 0.3) is 0 Å². The summed E-state index contributed by atoms with van der Waals surface area (Å²) in [7, 11) is 0. The monoisotopic (exact) mass is 313 g/mol. The number of rotatable bonds is 4. The number of aryl methyl sites for hydroxylation is 1. The van der Waals surface area contributed by atoms with Crippen molar-refractivity contribution >= 4 is 28.1 Å². The van der Waals surface area contributed by atoms with Crippen LogP contribution < -0.4 is 10.7 Å². The Hall–Kier alpha value is -2.47. The largest absolute Gasteiger partial charge is 0.350 e. The molecule has 3 rings (SSSR count). The van der Waals surface area contributed by atoms with Gasteiger partial charge in [-0.05, 0) is 36.1 Å².